The van der Waals surface area contributed by atoms with Gasteiger partial charge in [0.25, 0.3) is 5.91 Å². The van der Waals surface area contributed by atoms with Gasteiger partial charge in [-0.1, -0.05) is 17.7 Å². The monoisotopic (exact) mass is 436 g/mol. The van der Waals surface area contributed by atoms with E-state index in [-0.39, 0.29) is 18.3 Å². The third-order valence-corrected chi connectivity index (χ3v) is 5.16. The van der Waals surface area contributed by atoms with Gasteiger partial charge in [-0.15, -0.1) is 12.4 Å². The molecule has 0 spiro atoms. The predicted octanol–water partition coefficient (Wildman–Crippen LogP) is 3.87. The zero-order chi connectivity index (χ0) is 19.7. The Hall–Kier alpha value is -2.48. The first kappa shape index (κ1) is 21.2. The number of para-hydroxylation sites is 1. The molecule has 29 heavy (non-hydrogen) atoms. The number of carbonyl (C=O) groups is 1. The third-order valence-electron chi connectivity index (χ3n) is 4.86. The molecule has 1 N–H and O–H groups in total. The molecular formula is C20H22Cl2N4O3. The lowest BCUT2D eigenvalue weighted by molar-refractivity contribution is 0.0303. The van der Waals surface area contributed by atoms with Crippen molar-refractivity contribution >= 4 is 52.3 Å². The van der Waals surface area contributed by atoms with Crippen LogP contribution in [0.5, 0.6) is 5.75 Å². The number of aromatic nitrogens is 2. The summed E-state index contributed by atoms with van der Waals surface area (Å²) in [5.41, 5.74) is 2.11. The molecule has 1 fully saturated rings. The number of rotatable bonds is 4. The predicted molar refractivity (Wildman–Crippen MR) is 116 cm³/mol. The zero-order valence-corrected chi connectivity index (χ0v) is 17.7. The highest BCUT2D eigenvalue weighted by atomic mass is 35.5. The summed E-state index contributed by atoms with van der Waals surface area (Å²) < 4.78 is 12.7. The van der Waals surface area contributed by atoms with E-state index in [1.165, 1.54) is 0 Å². The molecule has 0 unspecified atom stereocenters. The maximum Gasteiger partial charge on any atom is 0.257 e. The minimum absolute atomic E-state index is 0. The number of benzene rings is 1. The highest BCUT2D eigenvalue weighted by Gasteiger charge is 2.23. The molecule has 1 aliphatic rings. The summed E-state index contributed by atoms with van der Waals surface area (Å²) in [6, 6.07) is 7.42. The van der Waals surface area contributed by atoms with Crippen molar-refractivity contribution in [2.75, 3.05) is 38.7 Å². The van der Waals surface area contributed by atoms with Crippen molar-refractivity contribution in [1.82, 2.24) is 14.5 Å². The van der Waals surface area contributed by atoms with Crippen LogP contribution in [0.2, 0.25) is 5.02 Å². The fourth-order valence-electron chi connectivity index (χ4n) is 3.45. The molecule has 1 amide bonds. The Kier molecular flexibility index (Phi) is 6.52. The number of ether oxygens (including phenoxy) is 2. The quantitative estimate of drug-likeness (QED) is 0.671. The van der Waals surface area contributed by atoms with Gasteiger partial charge in [-0.3, -0.25) is 4.79 Å². The first-order valence-electron chi connectivity index (χ1n) is 9.00. The van der Waals surface area contributed by atoms with Crippen molar-refractivity contribution in [3.63, 3.8) is 0 Å². The Balaban J connectivity index is 0.00000240. The second-order valence-electron chi connectivity index (χ2n) is 6.56. The maximum absolute atomic E-state index is 13.0. The molecule has 1 saturated heterocycles. The standard InChI is InChI=1S/C20H21ClN4O3.ClH/c1-24-7-6-13-17(24)14(20(26)25-8-10-28-11-9-25)12-22-19(13)23-16-5-3-4-15(21)18(16)27-2;/h3-7,12H,8-11H2,1-2H3,(H,22,23);1H. The summed E-state index contributed by atoms with van der Waals surface area (Å²) in [6.45, 7) is 2.29. The van der Waals surface area contributed by atoms with Crippen LogP contribution in [0.4, 0.5) is 11.5 Å². The average Bonchev–Trinajstić information content (AvgIpc) is 3.11. The number of aryl methyl sites for hydroxylation is 1. The van der Waals surface area contributed by atoms with Crippen molar-refractivity contribution in [2.45, 2.75) is 0 Å². The highest BCUT2D eigenvalue weighted by Crippen LogP contribution is 2.36. The first-order valence-corrected chi connectivity index (χ1v) is 9.38. The lowest BCUT2D eigenvalue weighted by Gasteiger charge is -2.27. The van der Waals surface area contributed by atoms with Crippen molar-refractivity contribution in [2.24, 2.45) is 7.05 Å². The van der Waals surface area contributed by atoms with Crippen LogP contribution in [0.15, 0.2) is 36.7 Å². The van der Waals surface area contributed by atoms with E-state index in [4.69, 9.17) is 21.1 Å². The molecule has 9 heteroatoms. The van der Waals surface area contributed by atoms with E-state index in [0.29, 0.717) is 54.1 Å². The van der Waals surface area contributed by atoms with E-state index in [1.807, 2.05) is 36.0 Å². The van der Waals surface area contributed by atoms with E-state index in [0.717, 1.165) is 10.9 Å². The van der Waals surface area contributed by atoms with Gasteiger partial charge in [0, 0.05) is 37.9 Å². The number of nitrogens with zero attached hydrogens (tertiary/aromatic N) is 3. The SMILES string of the molecule is COc1c(Cl)cccc1Nc1ncc(C(=O)N2CCOCC2)c2c1ccn2C.Cl. The molecule has 1 aromatic carbocycles. The van der Waals surface area contributed by atoms with Crippen molar-refractivity contribution in [3.05, 3.63) is 47.2 Å². The molecule has 7 nitrogen and oxygen atoms in total. The second-order valence-corrected chi connectivity index (χ2v) is 6.97. The maximum atomic E-state index is 13.0. The Labute approximate surface area is 180 Å². The molecule has 1 aliphatic heterocycles. The normalized spacial score (nSPS) is 13.8. The molecule has 0 atom stereocenters. The average molecular weight is 437 g/mol. The van der Waals surface area contributed by atoms with Gasteiger partial charge in [0.05, 0.1) is 42.1 Å². The number of pyridine rings is 1. The number of hydrogen-bond acceptors (Lipinski definition) is 5. The van der Waals surface area contributed by atoms with Crippen LogP contribution in [0.1, 0.15) is 10.4 Å². The molecule has 4 rings (SSSR count). The van der Waals surface area contributed by atoms with Gasteiger partial charge in [0.1, 0.15) is 5.82 Å². The summed E-state index contributed by atoms with van der Waals surface area (Å²) in [5.74, 6) is 1.15. The number of carbonyl (C=O) groups excluding carboxylic acids is 1. The molecule has 3 aromatic rings. The summed E-state index contributed by atoms with van der Waals surface area (Å²) in [7, 11) is 3.49. The van der Waals surface area contributed by atoms with Crippen LogP contribution in [0.25, 0.3) is 10.9 Å². The van der Waals surface area contributed by atoms with Crippen LogP contribution in [-0.2, 0) is 11.8 Å². The van der Waals surface area contributed by atoms with Gasteiger partial charge in [0.15, 0.2) is 5.75 Å². The number of morpholine rings is 1. The van der Waals surface area contributed by atoms with Crippen LogP contribution < -0.4 is 10.1 Å². The van der Waals surface area contributed by atoms with Crippen LogP contribution in [-0.4, -0.2) is 53.8 Å². The minimum atomic E-state index is -0.0329. The Morgan fingerprint density at radius 3 is 2.76 bits per heavy atom. The van der Waals surface area contributed by atoms with Gasteiger partial charge >= 0.3 is 0 Å². The first-order chi connectivity index (χ1) is 13.6. The number of methoxy groups -OCH3 is 1. The van der Waals surface area contributed by atoms with Gasteiger partial charge < -0.3 is 24.3 Å². The summed E-state index contributed by atoms with van der Waals surface area (Å²) in [4.78, 5) is 19.4. The number of anilines is 2. The Morgan fingerprint density at radius 2 is 2.03 bits per heavy atom. The van der Waals surface area contributed by atoms with Crippen molar-refractivity contribution < 1.29 is 14.3 Å². The Bertz CT molecular complexity index is 1030. The molecule has 0 saturated carbocycles. The van der Waals surface area contributed by atoms with E-state index in [9.17, 15) is 4.79 Å². The molecule has 154 valence electrons. The van der Waals surface area contributed by atoms with E-state index in [1.54, 1.807) is 24.3 Å². The molecule has 0 bridgehead atoms. The van der Waals surface area contributed by atoms with Crippen molar-refractivity contribution in [3.8, 4) is 5.75 Å². The number of hydrogen-bond donors (Lipinski definition) is 1. The van der Waals surface area contributed by atoms with E-state index >= 15 is 0 Å². The van der Waals surface area contributed by atoms with Gasteiger partial charge in [-0.2, -0.15) is 0 Å². The molecule has 3 heterocycles. The summed E-state index contributed by atoms with van der Waals surface area (Å²) >= 11 is 6.22. The number of nitrogens with one attached hydrogen (secondary N) is 1. The van der Waals surface area contributed by atoms with Crippen molar-refractivity contribution in [1.29, 1.82) is 0 Å². The van der Waals surface area contributed by atoms with Crippen LogP contribution in [0, 0.1) is 0 Å². The number of fused-ring (bicyclic) bond motifs is 1. The van der Waals surface area contributed by atoms with Gasteiger partial charge in [-0.25, -0.2) is 4.98 Å². The highest BCUT2D eigenvalue weighted by molar-refractivity contribution is 6.32. The number of halogens is 2. The van der Waals surface area contributed by atoms with Crippen LogP contribution >= 0.6 is 24.0 Å². The Morgan fingerprint density at radius 1 is 1.28 bits per heavy atom. The van der Waals surface area contributed by atoms with Gasteiger partial charge in [-0.05, 0) is 18.2 Å². The largest absolute Gasteiger partial charge is 0.493 e. The van der Waals surface area contributed by atoms with E-state index < -0.39 is 0 Å². The molecule has 0 aliphatic carbocycles. The molecule has 2 aromatic heterocycles. The van der Waals surface area contributed by atoms with Gasteiger partial charge in [0.2, 0.25) is 0 Å². The summed E-state index contributed by atoms with van der Waals surface area (Å²) in [6.07, 6.45) is 3.54. The number of amides is 1. The molecular weight excluding hydrogens is 415 g/mol. The third kappa shape index (κ3) is 3.99. The lowest BCUT2D eigenvalue weighted by atomic mass is 10.1. The fraction of sp³-hybridized carbons (Fsp3) is 0.300. The van der Waals surface area contributed by atoms with Crippen LogP contribution in [0.3, 0.4) is 0 Å². The minimum Gasteiger partial charge on any atom is -0.493 e. The smallest absolute Gasteiger partial charge is 0.257 e. The van der Waals surface area contributed by atoms with E-state index in [2.05, 4.69) is 10.3 Å². The topological polar surface area (TPSA) is 68.6 Å². The summed E-state index contributed by atoms with van der Waals surface area (Å²) in [5, 5.41) is 4.65. The zero-order valence-electron chi connectivity index (χ0n) is 16.1. The molecule has 0 radical (unpaired) electrons. The second kappa shape index (κ2) is 8.90. The lowest BCUT2D eigenvalue weighted by Crippen LogP contribution is -2.40. The fourth-order valence-corrected chi connectivity index (χ4v) is 3.70.